The third kappa shape index (κ3) is 2.99. The van der Waals surface area contributed by atoms with E-state index >= 15 is 0 Å². The average Bonchev–Trinajstić information content (AvgIpc) is 3.44. The van der Waals surface area contributed by atoms with Gasteiger partial charge in [0.05, 0.1) is 17.0 Å². The largest absolute Gasteiger partial charge is 0.391 e. The maximum Gasteiger partial charge on any atom is 0.276 e. The molecule has 5 rings (SSSR count). The molecule has 0 unspecified atom stereocenters. The van der Waals surface area contributed by atoms with Crippen LogP contribution in [-0.2, 0) is 10.0 Å². The Hall–Kier alpha value is -2.23. The third-order valence-corrected chi connectivity index (χ3v) is 8.77. The zero-order valence-electron chi connectivity index (χ0n) is 17.0. The smallest absolute Gasteiger partial charge is 0.276 e. The fourth-order valence-electron chi connectivity index (χ4n) is 5.42. The predicted molar refractivity (Wildman–Crippen MR) is 110 cm³/mol. The van der Waals surface area contributed by atoms with Gasteiger partial charge in [-0.25, -0.2) is 8.42 Å². The van der Waals surface area contributed by atoms with Crippen molar-refractivity contribution in [3.63, 3.8) is 0 Å². The van der Waals surface area contributed by atoms with Crippen molar-refractivity contribution in [2.75, 3.05) is 11.9 Å². The highest BCUT2D eigenvalue weighted by Gasteiger charge is 2.61. The minimum absolute atomic E-state index is 0.158. The molecule has 160 valence electrons. The zero-order chi connectivity index (χ0) is 21.2. The van der Waals surface area contributed by atoms with Crippen molar-refractivity contribution >= 4 is 21.6 Å². The fraction of sp³-hybridized carbons (Fsp3) is 0.524. The Labute approximate surface area is 175 Å². The molecule has 2 aliphatic carbocycles. The second-order valence-corrected chi connectivity index (χ2v) is 10.9. The molecule has 2 N–H and O–H groups in total. The summed E-state index contributed by atoms with van der Waals surface area (Å²) in [6.07, 6.45) is 3.04. The van der Waals surface area contributed by atoms with Crippen LogP contribution >= 0.6 is 0 Å². The number of benzene rings is 1. The number of aliphatic hydroxyl groups is 1. The van der Waals surface area contributed by atoms with E-state index < -0.39 is 16.1 Å². The van der Waals surface area contributed by atoms with Crippen molar-refractivity contribution in [2.45, 2.75) is 49.8 Å². The summed E-state index contributed by atoms with van der Waals surface area (Å²) in [4.78, 5) is 12.6. The summed E-state index contributed by atoms with van der Waals surface area (Å²) in [5, 5.41) is 17.5. The van der Waals surface area contributed by atoms with Gasteiger partial charge < -0.3 is 10.4 Å². The van der Waals surface area contributed by atoms with Gasteiger partial charge in [0.2, 0.25) is 10.0 Å². The maximum absolute atomic E-state index is 13.2. The zero-order valence-corrected chi connectivity index (χ0v) is 17.8. The summed E-state index contributed by atoms with van der Waals surface area (Å²) in [6.45, 7) is 4.44. The van der Waals surface area contributed by atoms with Crippen molar-refractivity contribution in [1.82, 2.24) is 14.1 Å². The Morgan fingerprint density at radius 1 is 1.17 bits per heavy atom. The number of carbonyl (C=O) groups is 1. The number of nitrogens with one attached hydrogen (secondary N) is 1. The molecule has 3 fully saturated rings. The molecule has 30 heavy (non-hydrogen) atoms. The van der Waals surface area contributed by atoms with Crippen LogP contribution in [0.15, 0.2) is 41.4 Å². The van der Waals surface area contributed by atoms with E-state index in [-0.39, 0.29) is 34.7 Å². The monoisotopic (exact) mass is 430 g/mol. The van der Waals surface area contributed by atoms with Crippen LogP contribution in [0.4, 0.5) is 5.69 Å². The van der Waals surface area contributed by atoms with E-state index in [0.717, 1.165) is 12.8 Å². The molecule has 2 aromatic rings. The van der Waals surface area contributed by atoms with Crippen LogP contribution in [0.25, 0.3) is 0 Å². The van der Waals surface area contributed by atoms with Crippen molar-refractivity contribution in [2.24, 2.45) is 17.8 Å². The molecule has 9 heteroatoms. The summed E-state index contributed by atoms with van der Waals surface area (Å²) in [7, 11) is -3.69. The molecule has 1 saturated heterocycles. The van der Waals surface area contributed by atoms with Gasteiger partial charge in [-0.3, -0.25) is 9.48 Å². The quantitative estimate of drug-likeness (QED) is 0.756. The summed E-state index contributed by atoms with van der Waals surface area (Å²) in [5.74, 6) is 0.537. The summed E-state index contributed by atoms with van der Waals surface area (Å²) >= 11 is 0. The van der Waals surface area contributed by atoms with E-state index in [4.69, 9.17) is 0 Å². The second kappa shape index (κ2) is 6.90. The van der Waals surface area contributed by atoms with E-state index in [1.165, 1.54) is 16.4 Å². The Kier molecular flexibility index (Phi) is 4.53. The highest BCUT2D eigenvalue weighted by molar-refractivity contribution is 7.89. The van der Waals surface area contributed by atoms with Gasteiger partial charge in [0.25, 0.3) is 5.91 Å². The molecule has 1 aromatic carbocycles. The first kappa shape index (κ1) is 19.7. The van der Waals surface area contributed by atoms with Crippen LogP contribution in [0.5, 0.6) is 0 Å². The molecule has 0 radical (unpaired) electrons. The first-order valence-electron chi connectivity index (χ1n) is 10.4. The minimum atomic E-state index is -3.69. The number of sulfonamides is 1. The van der Waals surface area contributed by atoms with Crippen molar-refractivity contribution < 1.29 is 18.3 Å². The molecule has 2 bridgehead atoms. The first-order chi connectivity index (χ1) is 14.3. The van der Waals surface area contributed by atoms with Gasteiger partial charge in [-0.05, 0) is 74.8 Å². The van der Waals surface area contributed by atoms with Crippen LogP contribution in [-0.4, -0.2) is 52.2 Å². The Morgan fingerprint density at radius 2 is 1.90 bits per heavy atom. The van der Waals surface area contributed by atoms with Crippen molar-refractivity contribution in [3.05, 3.63) is 42.2 Å². The predicted octanol–water partition coefficient (Wildman–Crippen LogP) is 2.11. The number of hydrogen-bond donors (Lipinski definition) is 2. The molecule has 2 heterocycles. The lowest BCUT2D eigenvalue weighted by Crippen LogP contribution is -2.43. The van der Waals surface area contributed by atoms with Gasteiger partial charge >= 0.3 is 0 Å². The topological polar surface area (TPSA) is 105 Å². The van der Waals surface area contributed by atoms with E-state index in [1.807, 2.05) is 13.8 Å². The number of aliphatic hydroxyl groups excluding tert-OH is 1. The number of rotatable bonds is 5. The lowest BCUT2D eigenvalue weighted by molar-refractivity contribution is 0.0731. The number of anilines is 1. The van der Waals surface area contributed by atoms with Crippen LogP contribution in [0.1, 0.15) is 43.2 Å². The number of carbonyl (C=O) groups excluding carboxylic acids is 1. The standard InChI is InChI=1S/C21H26N4O4S/c1-12(2)24-8-7-18(23-24)21(27)22-15-3-5-16(6-4-15)30(28,29)25-11-14-9-13-10-17(14)19(25)20(13)26/h3-8,12-14,17,19-20,26H,9-11H2,1-2H3,(H,22,27)/t13-,14-,17+,19-,20-/m0/s1. The molecule has 8 nitrogen and oxygen atoms in total. The third-order valence-electron chi connectivity index (χ3n) is 6.89. The molecule has 1 aliphatic heterocycles. The summed E-state index contributed by atoms with van der Waals surface area (Å²) < 4.78 is 29.7. The lowest BCUT2D eigenvalue weighted by Gasteiger charge is -2.28. The molecular weight excluding hydrogens is 404 g/mol. The first-order valence-corrected chi connectivity index (χ1v) is 11.9. The number of aromatic nitrogens is 2. The molecule has 1 amide bonds. The van der Waals surface area contributed by atoms with Crippen molar-refractivity contribution in [1.29, 1.82) is 0 Å². The lowest BCUT2D eigenvalue weighted by atomic mass is 9.88. The van der Waals surface area contributed by atoms with E-state index in [1.54, 1.807) is 29.1 Å². The van der Waals surface area contributed by atoms with E-state index in [2.05, 4.69) is 10.4 Å². The van der Waals surface area contributed by atoms with Gasteiger partial charge in [-0.15, -0.1) is 0 Å². The average molecular weight is 431 g/mol. The van der Waals surface area contributed by atoms with Gasteiger partial charge in [-0.2, -0.15) is 9.40 Å². The molecule has 3 aliphatic rings. The molecule has 1 aromatic heterocycles. The highest BCUT2D eigenvalue weighted by Crippen LogP contribution is 2.56. The highest BCUT2D eigenvalue weighted by atomic mass is 32.2. The number of fused-ring (bicyclic) bond motifs is 1. The second-order valence-electron chi connectivity index (χ2n) is 8.96. The Bertz CT molecular complexity index is 1080. The molecular formula is C21H26N4O4S. The molecule has 2 saturated carbocycles. The number of hydrogen-bond acceptors (Lipinski definition) is 5. The Morgan fingerprint density at radius 3 is 2.53 bits per heavy atom. The van der Waals surface area contributed by atoms with Gasteiger partial charge in [0.15, 0.2) is 5.69 Å². The minimum Gasteiger partial charge on any atom is -0.391 e. The molecule has 0 spiro atoms. The summed E-state index contributed by atoms with van der Waals surface area (Å²) in [6, 6.07) is 7.70. The van der Waals surface area contributed by atoms with Gasteiger partial charge in [-0.1, -0.05) is 0 Å². The number of amides is 1. The SMILES string of the molecule is CC(C)n1ccc(C(=O)Nc2ccc(S(=O)(=O)N3C[C@@H]4C[C@H]5C[C@H]4[C@H]3[C@H]5O)cc2)n1. The van der Waals surface area contributed by atoms with Gasteiger partial charge in [0.1, 0.15) is 0 Å². The Balaban J connectivity index is 1.31. The van der Waals surface area contributed by atoms with Gasteiger partial charge in [0, 0.05) is 24.5 Å². The normalized spacial score (nSPS) is 30.3. The van der Waals surface area contributed by atoms with Crippen LogP contribution < -0.4 is 5.32 Å². The fourth-order valence-corrected chi connectivity index (χ4v) is 7.16. The van der Waals surface area contributed by atoms with Crippen molar-refractivity contribution in [3.8, 4) is 0 Å². The van der Waals surface area contributed by atoms with E-state index in [0.29, 0.717) is 23.8 Å². The maximum atomic E-state index is 13.2. The molecule has 5 atom stereocenters. The van der Waals surface area contributed by atoms with Crippen LogP contribution in [0.3, 0.4) is 0 Å². The van der Waals surface area contributed by atoms with Crippen LogP contribution in [0, 0.1) is 17.8 Å². The van der Waals surface area contributed by atoms with E-state index in [9.17, 15) is 18.3 Å². The number of nitrogens with zero attached hydrogens (tertiary/aromatic N) is 3. The summed E-state index contributed by atoms with van der Waals surface area (Å²) in [5.41, 5.74) is 0.804. The van der Waals surface area contributed by atoms with Crippen LogP contribution in [0.2, 0.25) is 0 Å².